The molecule has 0 bridgehead atoms. The lowest BCUT2D eigenvalue weighted by atomic mass is 10.1. The van der Waals surface area contributed by atoms with Gasteiger partial charge in [-0.05, 0) is 24.2 Å². The number of hydrogen-bond acceptors (Lipinski definition) is 5. The zero-order chi connectivity index (χ0) is 17.0. The van der Waals surface area contributed by atoms with Gasteiger partial charge >= 0.3 is 0 Å². The Bertz CT molecular complexity index is 306. The number of nitrogens with one attached hydrogen (secondary N) is 2. The average Bonchev–Trinajstić information content (AvgIpc) is 3.31. The Hall–Kier alpha value is -0.200. The number of aliphatic hydroxyl groups is 2. The van der Waals surface area contributed by atoms with Gasteiger partial charge in [-0.3, -0.25) is 0 Å². The summed E-state index contributed by atoms with van der Waals surface area (Å²) in [4.78, 5) is 0. The minimum atomic E-state index is -0.112. The van der Waals surface area contributed by atoms with Gasteiger partial charge in [-0.1, -0.05) is 42.0 Å². The molecule has 0 spiro atoms. The fraction of sp³-hybridized carbons (Fsp3) is 1.00. The first-order valence-corrected chi connectivity index (χ1v) is 8.64. The van der Waals surface area contributed by atoms with Crippen LogP contribution in [-0.2, 0) is 0 Å². The van der Waals surface area contributed by atoms with Crippen LogP contribution < -0.4 is 16.4 Å². The standard InChI is InChI=1S/C9H19NO.C8H18N2O.CH4/c1-7(2)10-6-9(3)4-8(9)5-11;1-6(2)10-5-8(9)3-7(8)4-11;/h7-8,10-11H,4-6H2,1-3H3;6-7,10-11H,3-5,9H2,1-2H3;1H4/t8-,9+;7-,8-;/m00./s1. The molecule has 4 atom stereocenters. The minimum Gasteiger partial charge on any atom is -0.396 e. The Kier molecular flexibility index (Phi) is 9.25. The molecule has 2 rings (SSSR count). The first-order valence-electron chi connectivity index (χ1n) is 8.64. The maximum Gasteiger partial charge on any atom is 0.0478 e. The molecule has 0 saturated heterocycles. The Morgan fingerprint density at radius 3 is 1.78 bits per heavy atom. The monoisotopic (exact) mass is 331 g/mol. The molecule has 2 aliphatic rings. The second-order valence-corrected chi connectivity index (χ2v) is 8.13. The van der Waals surface area contributed by atoms with E-state index in [9.17, 15) is 0 Å². The van der Waals surface area contributed by atoms with Crippen LogP contribution in [0, 0.1) is 17.3 Å². The van der Waals surface area contributed by atoms with Gasteiger partial charge < -0.3 is 26.6 Å². The van der Waals surface area contributed by atoms with Crippen LogP contribution in [-0.4, -0.2) is 54.1 Å². The molecule has 0 aliphatic heterocycles. The molecule has 0 heterocycles. The predicted octanol–water partition coefficient (Wildman–Crippen LogP) is 1.33. The van der Waals surface area contributed by atoms with E-state index in [0.717, 1.165) is 19.5 Å². The second-order valence-electron chi connectivity index (χ2n) is 8.13. The van der Waals surface area contributed by atoms with E-state index in [1.807, 2.05) is 0 Å². The molecule has 5 nitrogen and oxygen atoms in total. The van der Waals surface area contributed by atoms with Crippen LogP contribution in [0.2, 0.25) is 0 Å². The summed E-state index contributed by atoms with van der Waals surface area (Å²) in [7, 11) is 0. The summed E-state index contributed by atoms with van der Waals surface area (Å²) in [5.41, 5.74) is 6.20. The SMILES string of the molecule is C.CC(C)NC[C@@]1(C)C[C@H]1CO.CC(C)NC[C@@]1(N)C[C@H]1CO. The fourth-order valence-electron chi connectivity index (χ4n) is 2.70. The Morgan fingerprint density at radius 2 is 1.43 bits per heavy atom. The van der Waals surface area contributed by atoms with Gasteiger partial charge in [-0.25, -0.2) is 0 Å². The Labute approximate surface area is 143 Å². The van der Waals surface area contributed by atoms with Gasteiger partial charge in [0.1, 0.15) is 0 Å². The van der Waals surface area contributed by atoms with Crippen molar-refractivity contribution in [1.29, 1.82) is 0 Å². The van der Waals surface area contributed by atoms with Crippen molar-refractivity contribution in [2.45, 2.75) is 72.5 Å². The van der Waals surface area contributed by atoms with Crippen molar-refractivity contribution < 1.29 is 10.2 Å². The van der Waals surface area contributed by atoms with Gasteiger partial charge in [0.2, 0.25) is 0 Å². The van der Waals surface area contributed by atoms with E-state index < -0.39 is 0 Å². The van der Waals surface area contributed by atoms with Crippen LogP contribution >= 0.6 is 0 Å². The van der Waals surface area contributed by atoms with Gasteiger partial charge in [0, 0.05) is 49.8 Å². The maximum atomic E-state index is 8.88. The quantitative estimate of drug-likeness (QED) is 0.463. The van der Waals surface area contributed by atoms with Crippen molar-refractivity contribution >= 4 is 0 Å². The molecule has 2 saturated carbocycles. The summed E-state index contributed by atoms with van der Waals surface area (Å²) >= 11 is 0. The van der Waals surface area contributed by atoms with Crippen molar-refractivity contribution in [3.8, 4) is 0 Å². The van der Waals surface area contributed by atoms with Crippen molar-refractivity contribution in [2.24, 2.45) is 23.0 Å². The lowest BCUT2D eigenvalue weighted by Gasteiger charge is -2.14. The zero-order valence-corrected chi connectivity index (χ0v) is 15.0. The highest BCUT2D eigenvalue weighted by Gasteiger charge is 2.50. The highest BCUT2D eigenvalue weighted by Crippen LogP contribution is 2.51. The van der Waals surface area contributed by atoms with Crippen molar-refractivity contribution in [3.63, 3.8) is 0 Å². The van der Waals surface area contributed by atoms with Crippen LogP contribution in [0.3, 0.4) is 0 Å². The number of nitrogens with two attached hydrogens (primary N) is 1. The highest BCUT2D eigenvalue weighted by molar-refractivity contribution is 5.09. The van der Waals surface area contributed by atoms with E-state index in [0.29, 0.717) is 35.9 Å². The van der Waals surface area contributed by atoms with E-state index in [4.69, 9.17) is 15.9 Å². The molecule has 0 unspecified atom stereocenters. The lowest BCUT2D eigenvalue weighted by Crippen LogP contribution is -2.41. The van der Waals surface area contributed by atoms with E-state index in [2.05, 4.69) is 45.3 Å². The summed E-state index contributed by atoms with van der Waals surface area (Å²) in [5, 5.41) is 24.4. The Morgan fingerprint density at radius 1 is 0.957 bits per heavy atom. The minimum absolute atomic E-state index is 0. The van der Waals surface area contributed by atoms with Crippen LogP contribution in [0.4, 0.5) is 0 Å². The molecule has 0 aromatic rings. The van der Waals surface area contributed by atoms with Crippen LogP contribution in [0.1, 0.15) is 54.9 Å². The molecule has 0 aromatic heterocycles. The highest BCUT2D eigenvalue weighted by atomic mass is 16.3. The molecule has 0 radical (unpaired) electrons. The largest absolute Gasteiger partial charge is 0.396 e. The normalized spacial score (nSPS) is 34.7. The van der Waals surface area contributed by atoms with Crippen molar-refractivity contribution in [2.75, 3.05) is 26.3 Å². The molecule has 5 heteroatoms. The second kappa shape index (κ2) is 9.33. The van der Waals surface area contributed by atoms with Crippen molar-refractivity contribution in [3.05, 3.63) is 0 Å². The zero-order valence-electron chi connectivity index (χ0n) is 15.0. The molecular weight excluding hydrogens is 290 g/mol. The molecule has 0 aromatic carbocycles. The smallest absolute Gasteiger partial charge is 0.0478 e. The fourth-order valence-corrected chi connectivity index (χ4v) is 2.70. The van der Waals surface area contributed by atoms with Gasteiger partial charge in [-0.2, -0.15) is 0 Å². The summed E-state index contributed by atoms with van der Waals surface area (Å²) in [6.45, 7) is 13.2. The van der Waals surface area contributed by atoms with Gasteiger partial charge in [0.25, 0.3) is 0 Å². The van der Waals surface area contributed by atoms with Crippen molar-refractivity contribution in [1.82, 2.24) is 10.6 Å². The van der Waals surface area contributed by atoms with Gasteiger partial charge in [-0.15, -0.1) is 0 Å². The van der Waals surface area contributed by atoms with Crippen LogP contribution in [0.15, 0.2) is 0 Å². The van der Waals surface area contributed by atoms with E-state index in [1.165, 1.54) is 6.42 Å². The number of hydrogen-bond donors (Lipinski definition) is 5. The Balaban J connectivity index is 0.000000403. The number of aliphatic hydroxyl groups excluding tert-OH is 2. The third kappa shape index (κ3) is 7.48. The van der Waals surface area contributed by atoms with Gasteiger partial charge in [0.05, 0.1) is 0 Å². The summed E-state index contributed by atoms with van der Waals surface area (Å²) < 4.78 is 0. The summed E-state index contributed by atoms with van der Waals surface area (Å²) in [6.07, 6.45) is 2.15. The molecule has 140 valence electrons. The third-order valence-corrected chi connectivity index (χ3v) is 5.01. The molecule has 23 heavy (non-hydrogen) atoms. The summed E-state index contributed by atoms with van der Waals surface area (Å²) in [6, 6.07) is 1.04. The average molecular weight is 332 g/mol. The molecule has 0 amide bonds. The van der Waals surface area contributed by atoms with Crippen LogP contribution in [0.5, 0.6) is 0 Å². The van der Waals surface area contributed by atoms with E-state index in [1.54, 1.807) is 0 Å². The molecule has 2 fully saturated rings. The first-order chi connectivity index (χ1) is 10.2. The van der Waals surface area contributed by atoms with E-state index in [-0.39, 0.29) is 19.6 Å². The molecule has 6 N–H and O–H groups in total. The topological polar surface area (TPSA) is 90.5 Å². The molecule has 2 aliphatic carbocycles. The molecular formula is C18H41N3O2. The summed E-state index contributed by atoms with van der Waals surface area (Å²) in [5.74, 6) is 0.877. The van der Waals surface area contributed by atoms with Gasteiger partial charge in [0.15, 0.2) is 0 Å². The number of rotatable bonds is 8. The van der Waals surface area contributed by atoms with E-state index >= 15 is 0 Å². The lowest BCUT2D eigenvalue weighted by molar-refractivity contribution is 0.250. The first kappa shape index (κ1) is 22.8. The predicted molar refractivity (Wildman–Crippen MR) is 98.4 cm³/mol. The third-order valence-electron chi connectivity index (χ3n) is 5.01. The van der Waals surface area contributed by atoms with Crippen LogP contribution in [0.25, 0.3) is 0 Å². The maximum absolute atomic E-state index is 8.88.